The van der Waals surface area contributed by atoms with Crippen LogP contribution in [0.4, 0.5) is 0 Å². The van der Waals surface area contributed by atoms with E-state index < -0.39 is 0 Å². The van der Waals surface area contributed by atoms with Gasteiger partial charge >= 0.3 is 0 Å². The number of carbonyl (C=O) groups excluding carboxylic acids is 1. The second kappa shape index (κ2) is 9.09. The van der Waals surface area contributed by atoms with Crippen molar-refractivity contribution < 1.29 is 4.79 Å². The highest BCUT2D eigenvalue weighted by molar-refractivity contribution is 6.27. The zero-order valence-corrected chi connectivity index (χ0v) is 13.5. The summed E-state index contributed by atoms with van der Waals surface area (Å²) in [6, 6.07) is 8.75. The average Bonchev–Trinajstić information content (AvgIpc) is 2.67. The van der Waals surface area contributed by atoms with Crippen LogP contribution in [0.25, 0.3) is 0 Å². The number of carbonyl (C=O) groups is 1. The zero-order chi connectivity index (χ0) is 14.9. The molecule has 0 atom stereocenters. The Kier molecular flexibility index (Phi) is 7.08. The summed E-state index contributed by atoms with van der Waals surface area (Å²) in [6.45, 7) is 0.566. The Bertz CT molecular complexity index is 419. The van der Waals surface area contributed by atoms with Gasteiger partial charge in [0.2, 0.25) is 5.91 Å². The summed E-state index contributed by atoms with van der Waals surface area (Å²) >= 11 is 5.48. The number of amides is 1. The van der Waals surface area contributed by atoms with Crippen molar-refractivity contribution in [1.29, 1.82) is 0 Å². The van der Waals surface area contributed by atoms with Gasteiger partial charge in [0.1, 0.15) is 5.88 Å². The smallest absolute Gasteiger partial charge is 0.235 e. The van der Waals surface area contributed by atoms with Gasteiger partial charge in [-0.2, -0.15) is 0 Å². The summed E-state index contributed by atoms with van der Waals surface area (Å²) in [5.74, 6) is 0.631. The number of nitrogens with one attached hydrogen (secondary N) is 1. The van der Waals surface area contributed by atoms with Gasteiger partial charge in [0.05, 0.1) is 0 Å². The molecule has 2 nitrogen and oxygen atoms in total. The lowest BCUT2D eigenvalue weighted by molar-refractivity contribution is -0.118. The number of rotatable bonds is 4. The third kappa shape index (κ3) is 5.70. The first-order valence-corrected chi connectivity index (χ1v) is 8.74. The molecule has 2 rings (SSSR count). The quantitative estimate of drug-likeness (QED) is 0.798. The Hall–Kier alpha value is -1.02. The van der Waals surface area contributed by atoms with Crippen molar-refractivity contribution in [3.05, 3.63) is 35.4 Å². The lowest BCUT2D eigenvalue weighted by atomic mass is 9.89. The normalized spacial score (nSPS) is 17.6. The highest BCUT2D eigenvalue weighted by Crippen LogP contribution is 2.30. The first kappa shape index (κ1) is 16.4. The molecule has 1 aliphatic carbocycles. The molecule has 21 heavy (non-hydrogen) atoms. The summed E-state index contributed by atoms with van der Waals surface area (Å²) in [4.78, 5) is 11.2. The van der Waals surface area contributed by atoms with Gasteiger partial charge in [0, 0.05) is 6.54 Å². The van der Waals surface area contributed by atoms with Gasteiger partial charge in [-0.05, 0) is 29.9 Å². The lowest BCUT2D eigenvalue weighted by Gasteiger charge is -2.17. The molecule has 116 valence electrons. The molecule has 0 spiro atoms. The largest absolute Gasteiger partial charge is 0.351 e. The number of hydrogen-bond donors (Lipinski definition) is 1. The molecule has 0 bridgehead atoms. The van der Waals surface area contributed by atoms with E-state index in [9.17, 15) is 4.79 Å². The Morgan fingerprint density at radius 2 is 1.57 bits per heavy atom. The molecule has 1 amide bonds. The number of halogens is 1. The molecule has 1 aliphatic rings. The van der Waals surface area contributed by atoms with Gasteiger partial charge in [-0.3, -0.25) is 4.79 Å². The molecular formula is C18H26ClNO. The second-order valence-corrected chi connectivity index (χ2v) is 6.31. The molecule has 1 saturated carbocycles. The van der Waals surface area contributed by atoms with Gasteiger partial charge in [-0.1, -0.05) is 62.8 Å². The Morgan fingerprint density at radius 1 is 1.00 bits per heavy atom. The minimum absolute atomic E-state index is 0.0279. The highest BCUT2D eigenvalue weighted by Gasteiger charge is 2.12. The van der Waals surface area contributed by atoms with E-state index in [1.807, 2.05) is 0 Å². The van der Waals surface area contributed by atoms with Crippen LogP contribution in [0, 0.1) is 0 Å². The Labute approximate surface area is 133 Å². The van der Waals surface area contributed by atoms with Crippen LogP contribution in [-0.2, 0) is 11.3 Å². The predicted molar refractivity (Wildman–Crippen MR) is 88.7 cm³/mol. The fourth-order valence-electron chi connectivity index (χ4n) is 3.12. The van der Waals surface area contributed by atoms with Crippen molar-refractivity contribution in [3.8, 4) is 0 Å². The zero-order valence-electron chi connectivity index (χ0n) is 12.7. The van der Waals surface area contributed by atoms with E-state index in [1.54, 1.807) is 0 Å². The summed E-state index contributed by atoms with van der Waals surface area (Å²) in [5.41, 5.74) is 2.60. The summed E-state index contributed by atoms with van der Waals surface area (Å²) < 4.78 is 0. The lowest BCUT2D eigenvalue weighted by Crippen LogP contribution is -2.23. The van der Waals surface area contributed by atoms with Crippen LogP contribution in [0.1, 0.15) is 68.4 Å². The maximum Gasteiger partial charge on any atom is 0.235 e. The van der Waals surface area contributed by atoms with Crippen LogP contribution in [-0.4, -0.2) is 11.8 Å². The van der Waals surface area contributed by atoms with Crippen molar-refractivity contribution in [2.45, 2.75) is 63.8 Å². The number of hydrogen-bond acceptors (Lipinski definition) is 1. The molecule has 0 aromatic heterocycles. The van der Waals surface area contributed by atoms with Crippen LogP contribution < -0.4 is 5.32 Å². The average molecular weight is 308 g/mol. The van der Waals surface area contributed by atoms with Gasteiger partial charge < -0.3 is 5.32 Å². The van der Waals surface area contributed by atoms with Crippen LogP contribution in [0.3, 0.4) is 0 Å². The minimum Gasteiger partial charge on any atom is -0.351 e. The van der Waals surface area contributed by atoms with Crippen molar-refractivity contribution in [2.75, 3.05) is 5.88 Å². The second-order valence-electron chi connectivity index (χ2n) is 6.05. The van der Waals surface area contributed by atoms with Crippen molar-refractivity contribution in [3.63, 3.8) is 0 Å². The van der Waals surface area contributed by atoms with Crippen molar-refractivity contribution in [1.82, 2.24) is 5.32 Å². The van der Waals surface area contributed by atoms with Gasteiger partial charge in [0.25, 0.3) is 0 Å². The summed E-state index contributed by atoms with van der Waals surface area (Å²) in [6.07, 6.45) is 11.0. The summed E-state index contributed by atoms with van der Waals surface area (Å²) in [5, 5.41) is 2.80. The SMILES string of the molecule is O=C(CCl)NCc1ccc(C2CCCCCCCC2)cc1. The topological polar surface area (TPSA) is 29.1 Å². The van der Waals surface area contributed by atoms with Crippen LogP contribution in [0.5, 0.6) is 0 Å². The molecule has 0 saturated heterocycles. The fraction of sp³-hybridized carbons (Fsp3) is 0.611. The minimum atomic E-state index is -0.114. The third-order valence-electron chi connectivity index (χ3n) is 4.42. The first-order chi connectivity index (χ1) is 10.3. The van der Waals surface area contributed by atoms with E-state index >= 15 is 0 Å². The van der Waals surface area contributed by atoms with E-state index in [2.05, 4.69) is 29.6 Å². The number of alkyl halides is 1. The van der Waals surface area contributed by atoms with Crippen molar-refractivity contribution in [2.24, 2.45) is 0 Å². The molecule has 0 unspecified atom stereocenters. The molecule has 1 fully saturated rings. The Balaban J connectivity index is 1.91. The van der Waals surface area contributed by atoms with E-state index in [0.717, 1.165) is 11.5 Å². The molecule has 0 radical (unpaired) electrons. The number of benzene rings is 1. The molecule has 1 aromatic rings. The standard InChI is InChI=1S/C18H26ClNO/c19-13-18(21)20-14-15-9-11-17(12-10-15)16-7-5-3-1-2-4-6-8-16/h9-12,16H,1-8,13-14H2,(H,20,21). The van der Waals surface area contributed by atoms with E-state index in [0.29, 0.717) is 6.54 Å². The van der Waals surface area contributed by atoms with Crippen LogP contribution >= 0.6 is 11.6 Å². The van der Waals surface area contributed by atoms with E-state index in [4.69, 9.17) is 11.6 Å². The molecule has 3 heteroatoms. The van der Waals surface area contributed by atoms with Crippen LogP contribution in [0.2, 0.25) is 0 Å². The maximum absolute atomic E-state index is 11.2. The van der Waals surface area contributed by atoms with Gasteiger partial charge in [-0.25, -0.2) is 0 Å². The third-order valence-corrected chi connectivity index (χ3v) is 4.66. The van der Waals surface area contributed by atoms with Crippen LogP contribution in [0.15, 0.2) is 24.3 Å². The molecule has 1 N–H and O–H groups in total. The maximum atomic E-state index is 11.2. The molecule has 0 aliphatic heterocycles. The van der Waals surface area contributed by atoms with E-state index in [-0.39, 0.29) is 11.8 Å². The molecular weight excluding hydrogens is 282 g/mol. The first-order valence-electron chi connectivity index (χ1n) is 8.21. The molecule has 1 aromatic carbocycles. The fourth-order valence-corrected chi connectivity index (χ4v) is 3.22. The van der Waals surface area contributed by atoms with E-state index in [1.165, 1.54) is 56.9 Å². The summed E-state index contributed by atoms with van der Waals surface area (Å²) in [7, 11) is 0. The highest BCUT2D eigenvalue weighted by atomic mass is 35.5. The van der Waals surface area contributed by atoms with Gasteiger partial charge in [-0.15, -0.1) is 11.6 Å². The Morgan fingerprint density at radius 3 is 2.14 bits per heavy atom. The van der Waals surface area contributed by atoms with Gasteiger partial charge in [0.15, 0.2) is 0 Å². The predicted octanol–water partition coefficient (Wildman–Crippen LogP) is 4.76. The van der Waals surface area contributed by atoms with Crippen molar-refractivity contribution >= 4 is 17.5 Å². The molecule has 0 heterocycles. The monoisotopic (exact) mass is 307 g/mol.